The van der Waals surface area contributed by atoms with Crippen molar-refractivity contribution in [2.24, 2.45) is 5.10 Å². The van der Waals surface area contributed by atoms with Gasteiger partial charge in [-0.25, -0.2) is 9.59 Å². The standard InChI is InChI=1S/C23H20N4O5/c1-14-19(21(28)27(24-14)18-9-7-16(8-10-18)22(29)30)12-17-13-26(15(2)23(31)32-3)25-11-5-4-6-20(17)25/h4-13,15H,1-3H3/p+1. The number of rotatable bonds is 5. The highest BCUT2D eigenvalue weighted by atomic mass is 16.5. The lowest BCUT2D eigenvalue weighted by Gasteiger charge is -2.11. The van der Waals surface area contributed by atoms with Gasteiger partial charge in [-0.3, -0.25) is 4.79 Å². The lowest BCUT2D eigenvalue weighted by molar-refractivity contribution is -0.769. The van der Waals surface area contributed by atoms with E-state index in [0.717, 1.165) is 11.1 Å². The molecule has 0 fully saturated rings. The number of carbonyl (C=O) groups is 3. The third-order valence-electron chi connectivity index (χ3n) is 5.32. The number of methoxy groups -OCH3 is 1. The van der Waals surface area contributed by atoms with Gasteiger partial charge in [0, 0.05) is 6.92 Å². The second-order valence-electron chi connectivity index (χ2n) is 7.31. The first kappa shape index (κ1) is 21.0. The number of benzene rings is 1. The van der Waals surface area contributed by atoms with Gasteiger partial charge < -0.3 is 9.84 Å². The molecule has 1 N–H and O–H groups in total. The van der Waals surface area contributed by atoms with E-state index in [0.29, 0.717) is 17.0 Å². The van der Waals surface area contributed by atoms with Crippen LogP contribution in [0.15, 0.2) is 65.5 Å². The molecule has 3 aromatic rings. The molecule has 1 aliphatic rings. The molecule has 0 saturated carbocycles. The second kappa shape index (κ2) is 8.10. The van der Waals surface area contributed by atoms with Crippen LogP contribution in [0.1, 0.15) is 35.8 Å². The Kier molecular flexibility index (Phi) is 5.31. The van der Waals surface area contributed by atoms with Gasteiger partial charge in [0.2, 0.25) is 6.20 Å². The summed E-state index contributed by atoms with van der Waals surface area (Å²) in [5.74, 6) is -1.75. The molecular weight excluding hydrogens is 412 g/mol. The number of esters is 1. The Morgan fingerprint density at radius 1 is 1.19 bits per heavy atom. The number of nitrogens with zero attached hydrogens (tertiary/aromatic N) is 4. The van der Waals surface area contributed by atoms with Crippen LogP contribution in [0, 0.1) is 0 Å². The van der Waals surface area contributed by atoms with E-state index in [1.807, 2.05) is 28.9 Å². The molecule has 1 atom stereocenters. The quantitative estimate of drug-likeness (QED) is 0.378. The van der Waals surface area contributed by atoms with Crippen molar-refractivity contribution in [1.82, 2.24) is 4.52 Å². The Hall–Kier alpha value is -4.27. The van der Waals surface area contributed by atoms with Crippen LogP contribution < -0.4 is 9.69 Å². The van der Waals surface area contributed by atoms with Gasteiger partial charge in [-0.15, -0.1) is 4.52 Å². The van der Waals surface area contributed by atoms with Crippen molar-refractivity contribution in [3.63, 3.8) is 0 Å². The fraction of sp³-hybridized carbons (Fsp3) is 0.174. The highest BCUT2D eigenvalue weighted by Crippen LogP contribution is 2.26. The third kappa shape index (κ3) is 3.53. The SMILES string of the molecule is COC(=O)C(C)[n+]1cc(C=C2C(=O)N(c3ccc(C(=O)O)cc3)N=C2C)c2ccccn21. The highest BCUT2D eigenvalue weighted by molar-refractivity contribution is 6.32. The van der Waals surface area contributed by atoms with Crippen LogP contribution in [-0.2, 0) is 14.3 Å². The molecule has 9 nitrogen and oxygen atoms in total. The normalized spacial score (nSPS) is 15.8. The number of carboxylic acid groups (broad SMARTS) is 1. The molecule has 2 aromatic heterocycles. The van der Waals surface area contributed by atoms with Gasteiger partial charge in [0.25, 0.3) is 11.9 Å². The molecule has 0 spiro atoms. The topological polar surface area (TPSA) is 105 Å². The average Bonchev–Trinajstić information content (AvgIpc) is 3.31. The van der Waals surface area contributed by atoms with Crippen LogP contribution in [-0.4, -0.2) is 40.3 Å². The number of hydrazone groups is 1. The number of pyridine rings is 1. The van der Waals surface area contributed by atoms with Gasteiger partial charge in [-0.1, -0.05) is 10.7 Å². The number of carboxylic acids is 1. The lowest BCUT2D eigenvalue weighted by Crippen LogP contribution is -2.46. The molecule has 0 aliphatic carbocycles. The minimum absolute atomic E-state index is 0.126. The first-order valence-electron chi connectivity index (χ1n) is 9.86. The fourth-order valence-corrected chi connectivity index (χ4v) is 3.58. The molecule has 9 heteroatoms. The highest BCUT2D eigenvalue weighted by Gasteiger charge is 2.31. The van der Waals surface area contributed by atoms with Crippen LogP contribution in [0.5, 0.6) is 0 Å². The van der Waals surface area contributed by atoms with Crippen molar-refractivity contribution < 1.29 is 28.9 Å². The summed E-state index contributed by atoms with van der Waals surface area (Å²) < 4.78 is 8.43. The van der Waals surface area contributed by atoms with Gasteiger partial charge >= 0.3 is 11.9 Å². The molecule has 1 aromatic carbocycles. The van der Waals surface area contributed by atoms with E-state index >= 15 is 0 Å². The monoisotopic (exact) mass is 433 g/mol. The Balaban J connectivity index is 1.73. The Morgan fingerprint density at radius 2 is 1.91 bits per heavy atom. The zero-order valence-corrected chi connectivity index (χ0v) is 17.7. The van der Waals surface area contributed by atoms with Crippen LogP contribution >= 0.6 is 0 Å². The van der Waals surface area contributed by atoms with Gasteiger partial charge in [-0.05, 0) is 49.4 Å². The molecular formula is C23H21N4O5+. The second-order valence-corrected chi connectivity index (χ2v) is 7.31. The van der Waals surface area contributed by atoms with E-state index < -0.39 is 12.0 Å². The number of anilines is 1. The molecule has 1 aliphatic heterocycles. The van der Waals surface area contributed by atoms with Crippen molar-refractivity contribution in [3.05, 3.63) is 71.6 Å². The molecule has 1 unspecified atom stereocenters. The van der Waals surface area contributed by atoms with Crippen LogP contribution in [0.3, 0.4) is 0 Å². The molecule has 32 heavy (non-hydrogen) atoms. The van der Waals surface area contributed by atoms with E-state index in [2.05, 4.69) is 5.10 Å². The Bertz CT molecular complexity index is 1300. The molecule has 1 amide bonds. The maximum Gasteiger partial charge on any atom is 0.377 e. The van der Waals surface area contributed by atoms with E-state index in [4.69, 9.17) is 9.84 Å². The van der Waals surface area contributed by atoms with Crippen molar-refractivity contribution in [3.8, 4) is 0 Å². The minimum atomic E-state index is -1.04. The summed E-state index contributed by atoms with van der Waals surface area (Å²) in [6, 6.07) is 11.0. The molecule has 0 saturated heterocycles. The van der Waals surface area contributed by atoms with Crippen molar-refractivity contribution in [2.45, 2.75) is 19.9 Å². The van der Waals surface area contributed by atoms with Gasteiger partial charge in [0.1, 0.15) is 5.52 Å². The first-order valence-corrected chi connectivity index (χ1v) is 9.86. The van der Waals surface area contributed by atoms with Gasteiger partial charge in [-0.2, -0.15) is 10.1 Å². The summed E-state index contributed by atoms with van der Waals surface area (Å²) in [5, 5.41) is 14.7. The number of fused-ring (bicyclic) bond motifs is 1. The number of ether oxygens (including phenoxy) is 1. The summed E-state index contributed by atoms with van der Waals surface area (Å²) in [7, 11) is 1.34. The molecule has 0 bridgehead atoms. The zero-order valence-electron chi connectivity index (χ0n) is 17.7. The summed E-state index contributed by atoms with van der Waals surface area (Å²) in [6.45, 7) is 3.47. The van der Waals surface area contributed by atoms with Gasteiger partial charge in [0.05, 0.1) is 41.4 Å². The van der Waals surface area contributed by atoms with Crippen molar-refractivity contribution in [2.75, 3.05) is 12.1 Å². The summed E-state index contributed by atoms with van der Waals surface area (Å²) >= 11 is 0. The van der Waals surface area contributed by atoms with E-state index in [1.165, 1.54) is 24.3 Å². The summed E-state index contributed by atoms with van der Waals surface area (Å²) in [6.07, 6.45) is 5.35. The minimum Gasteiger partial charge on any atom is -0.478 e. The fourth-order valence-electron chi connectivity index (χ4n) is 3.58. The summed E-state index contributed by atoms with van der Waals surface area (Å²) in [5.41, 5.74) is 3.07. The van der Waals surface area contributed by atoms with E-state index in [1.54, 1.807) is 42.9 Å². The molecule has 0 radical (unpaired) electrons. The van der Waals surface area contributed by atoms with Crippen molar-refractivity contribution in [1.29, 1.82) is 0 Å². The predicted octanol–water partition coefficient (Wildman–Crippen LogP) is 2.47. The Morgan fingerprint density at radius 3 is 2.56 bits per heavy atom. The smallest absolute Gasteiger partial charge is 0.377 e. The largest absolute Gasteiger partial charge is 0.478 e. The number of aromatic carboxylic acids is 1. The number of amides is 1. The van der Waals surface area contributed by atoms with E-state index in [9.17, 15) is 14.4 Å². The van der Waals surface area contributed by atoms with Crippen LogP contribution in [0.2, 0.25) is 0 Å². The molecule has 162 valence electrons. The van der Waals surface area contributed by atoms with Crippen LogP contribution in [0.4, 0.5) is 5.69 Å². The lowest BCUT2D eigenvalue weighted by atomic mass is 10.1. The molecule has 3 heterocycles. The summed E-state index contributed by atoms with van der Waals surface area (Å²) in [4.78, 5) is 36.3. The van der Waals surface area contributed by atoms with Crippen LogP contribution in [0.25, 0.3) is 11.6 Å². The zero-order chi connectivity index (χ0) is 23.0. The van der Waals surface area contributed by atoms with Gasteiger partial charge in [0.15, 0.2) is 0 Å². The average molecular weight is 433 g/mol. The number of hydrogen-bond acceptors (Lipinski definition) is 5. The number of carbonyl (C=O) groups excluding carboxylic acids is 2. The number of hydrogen-bond donors (Lipinski definition) is 1. The first-order chi connectivity index (χ1) is 15.3. The third-order valence-corrected chi connectivity index (χ3v) is 5.32. The predicted molar refractivity (Wildman–Crippen MR) is 116 cm³/mol. The maximum atomic E-state index is 13.1. The van der Waals surface area contributed by atoms with E-state index in [-0.39, 0.29) is 17.4 Å². The number of aromatic nitrogens is 2. The molecule has 4 rings (SSSR count). The maximum absolute atomic E-state index is 13.1. The van der Waals surface area contributed by atoms with Crippen molar-refractivity contribution >= 4 is 40.8 Å². The Labute approximate surface area is 183 Å².